The summed E-state index contributed by atoms with van der Waals surface area (Å²) < 4.78 is 0. The van der Waals surface area contributed by atoms with Crippen molar-refractivity contribution in [2.45, 2.75) is 27.7 Å². The fourth-order valence-electron chi connectivity index (χ4n) is 1.46. The Labute approximate surface area is 129 Å². The Kier molecular flexibility index (Phi) is 5.79. The number of aliphatic imine (C=N–C) groups is 1. The summed E-state index contributed by atoms with van der Waals surface area (Å²) in [4.78, 5) is 16.3. The quantitative estimate of drug-likeness (QED) is 0.380. The molecular formula is C15H20N4OS. The van der Waals surface area contributed by atoms with Gasteiger partial charge in [-0.1, -0.05) is 32.5 Å². The van der Waals surface area contributed by atoms with Gasteiger partial charge in [0.25, 0.3) is 0 Å². The molecule has 0 radical (unpaired) electrons. The van der Waals surface area contributed by atoms with E-state index in [-0.39, 0.29) is 5.91 Å². The SMILES string of the molecule is CSC(=Nc1ccc(NC(=O)C(C)(C)C)c(C)c1)NC#N. The van der Waals surface area contributed by atoms with Gasteiger partial charge in [-0.3, -0.25) is 10.1 Å². The van der Waals surface area contributed by atoms with E-state index >= 15 is 0 Å². The van der Waals surface area contributed by atoms with Crippen LogP contribution in [0.2, 0.25) is 0 Å². The van der Waals surface area contributed by atoms with Crippen LogP contribution in [0.5, 0.6) is 0 Å². The summed E-state index contributed by atoms with van der Waals surface area (Å²) in [6.45, 7) is 7.52. The number of aryl methyl sites for hydroxylation is 1. The van der Waals surface area contributed by atoms with Gasteiger partial charge in [-0.25, -0.2) is 4.99 Å². The number of carbonyl (C=O) groups is 1. The lowest BCUT2D eigenvalue weighted by Gasteiger charge is -2.18. The molecule has 0 heterocycles. The van der Waals surface area contributed by atoms with E-state index in [1.807, 2.05) is 52.3 Å². The largest absolute Gasteiger partial charge is 0.325 e. The van der Waals surface area contributed by atoms with Crippen LogP contribution in [-0.4, -0.2) is 17.3 Å². The molecular weight excluding hydrogens is 284 g/mol. The van der Waals surface area contributed by atoms with Gasteiger partial charge in [0.2, 0.25) is 5.91 Å². The van der Waals surface area contributed by atoms with Crippen molar-refractivity contribution in [3.63, 3.8) is 0 Å². The second kappa shape index (κ2) is 7.14. The zero-order valence-corrected chi connectivity index (χ0v) is 13.8. The fraction of sp³-hybridized carbons (Fsp3) is 0.400. The molecule has 0 spiro atoms. The van der Waals surface area contributed by atoms with Crippen LogP contribution >= 0.6 is 11.8 Å². The molecule has 0 aliphatic heterocycles. The average molecular weight is 304 g/mol. The van der Waals surface area contributed by atoms with Crippen LogP contribution in [0.1, 0.15) is 26.3 Å². The minimum atomic E-state index is -0.438. The van der Waals surface area contributed by atoms with Gasteiger partial charge in [0.15, 0.2) is 11.4 Å². The molecule has 1 aromatic carbocycles. The predicted octanol–water partition coefficient (Wildman–Crippen LogP) is 3.40. The number of carbonyl (C=O) groups excluding carboxylic acids is 1. The van der Waals surface area contributed by atoms with E-state index in [2.05, 4.69) is 15.6 Å². The van der Waals surface area contributed by atoms with Crippen molar-refractivity contribution in [2.75, 3.05) is 11.6 Å². The lowest BCUT2D eigenvalue weighted by molar-refractivity contribution is -0.123. The molecule has 6 heteroatoms. The molecule has 1 rings (SSSR count). The van der Waals surface area contributed by atoms with Crippen LogP contribution in [0.3, 0.4) is 0 Å². The molecule has 1 aromatic rings. The number of nitrogens with one attached hydrogen (secondary N) is 2. The molecule has 0 bridgehead atoms. The summed E-state index contributed by atoms with van der Waals surface area (Å²) in [7, 11) is 0. The topological polar surface area (TPSA) is 77.3 Å². The monoisotopic (exact) mass is 304 g/mol. The highest BCUT2D eigenvalue weighted by atomic mass is 32.2. The second-order valence-electron chi connectivity index (χ2n) is 5.56. The first-order valence-corrected chi connectivity index (χ1v) is 7.70. The molecule has 0 aliphatic rings. The third-order valence-corrected chi connectivity index (χ3v) is 3.31. The van der Waals surface area contributed by atoms with Crippen molar-refractivity contribution in [3.8, 4) is 6.19 Å². The van der Waals surface area contributed by atoms with Crippen molar-refractivity contribution in [1.82, 2.24) is 5.32 Å². The van der Waals surface area contributed by atoms with Gasteiger partial charge < -0.3 is 5.32 Å². The van der Waals surface area contributed by atoms with Crippen LogP contribution in [0.15, 0.2) is 23.2 Å². The Balaban J connectivity index is 2.96. The van der Waals surface area contributed by atoms with Crippen LogP contribution in [0, 0.1) is 23.8 Å². The Hall–Kier alpha value is -2.00. The standard InChI is InChI=1S/C15H20N4OS/c1-10-8-11(18-14(21-5)17-9-16)6-7-12(10)19-13(20)15(2,3)4/h6-8H,1-5H3,(H,17,18)(H,19,20). The van der Waals surface area contributed by atoms with Crippen LogP contribution in [-0.2, 0) is 4.79 Å². The van der Waals surface area contributed by atoms with Gasteiger partial charge in [-0.05, 0) is 36.9 Å². The maximum Gasteiger partial charge on any atom is 0.229 e. The number of rotatable bonds is 2. The summed E-state index contributed by atoms with van der Waals surface area (Å²) in [5.74, 6) is -0.0298. The van der Waals surface area contributed by atoms with Crippen molar-refractivity contribution in [1.29, 1.82) is 5.26 Å². The predicted molar refractivity (Wildman–Crippen MR) is 88.6 cm³/mol. The molecule has 2 N–H and O–H groups in total. The van der Waals surface area contributed by atoms with Crippen LogP contribution < -0.4 is 10.6 Å². The lowest BCUT2D eigenvalue weighted by atomic mass is 9.95. The highest BCUT2D eigenvalue weighted by Gasteiger charge is 2.21. The Morgan fingerprint density at radius 3 is 2.52 bits per heavy atom. The Bertz CT molecular complexity index is 597. The fourth-order valence-corrected chi connectivity index (χ4v) is 1.80. The molecule has 0 unspecified atom stereocenters. The number of amides is 1. The summed E-state index contributed by atoms with van der Waals surface area (Å²) in [6, 6.07) is 5.50. The zero-order chi connectivity index (χ0) is 16.0. The molecule has 21 heavy (non-hydrogen) atoms. The van der Waals surface area contributed by atoms with Crippen molar-refractivity contribution in [3.05, 3.63) is 23.8 Å². The molecule has 0 fully saturated rings. The van der Waals surface area contributed by atoms with E-state index in [0.29, 0.717) is 5.17 Å². The number of nitriles is 1. The Morgan fingerprint density at radius 1 is 1.38 bits per heavy atom. The number of hydrogen-bond donors (Lipinski definition) is 2. The van der Waals surface area contributed by atoms with Gasteiger partial charge in [-0.2, -0.15) is 5.26 Å². The first-order valence-electron chi connectivity index (χ1n) is 6.48. The van der Waals surface area contributed by atoms with Gasteiger partial charge in [0.1, 0.15) is 0 Å². The highest BCUT2D eigenvalue weighted by molar-refractivity contribution is 8.13. The molecule has 1 amide bonds. The van der Waals surface area contributed by atoms with Gasteiger partial charge in [0.05, 0.1) is 5.69 Å². The molecule has 0 saturated carbocycles. The van der Waals surface area contributed by atoms with Crippen molar-refractivity contribution >= 4 is 34.2 Å². The number of nitrogens with zero attached hydrogens (tertiary/aromatic N) is 2. The molecule has 5 nitrogen and oxygen atoms in total. The maximum absolute atomic E-state index is 12.0. The number of anilines is 1. The van der Waals surface area contributed by atoms with Crippen LogP contribution in [0.4, 0.5) is 11.4 Å². The smallest absolute Gasteiger partial charge is 0.229 e. The Morgan fingerprint density at radius 2 is 2.05 bits per heavy atom. The lowest BCUT2D eigenvalue weighted by Crippen LogP contribution is -2.27. The van der Waals surface area contributed by atoms with E-state index in [1.165, 1.54) is 11.8 Å². The molecule has 0 aromatic heterocycles. The highest BCUT2D eigenvalue weighted by Crippen LogP contribution is 2.24. The summed E-state index contributed by atoms with van der Waals surface area (Å²) >= 11 is 1.36. The first kappa shape index (κ1) is 17.1. The summed E-state index contributed by atoms with van der Waals surface area (Å²) in [5, 5.41) is 14.6. The van der Waals surface area contributed by atoms with Crippen molar-refractivity contribution < 1.29 is 4.79 Å². The number of amidine groups is 1. The number of benzene rings is 1. The number of hydrogen-bond acceptors (Lipinski definition) is 4. The van der Waals surface area contributed by atoms with Crippen LogP contribution in [0.25, 0.3) is 0 Å². The minimum Gasteiger partial charge on any atom is -0.325 e. The van der Waals surface area contributed by atoms with Gasteiger partial charge in [-0.15, -0.1) is 0 Å². The first-order chi connectivity index (χ1) is 9.77. The van der Waals surface area contributed by atoms with E-state index in [0.717, 1.165) is 16.9 Å². The van der Waals surface area contributed by atoms with Crippen molar-refractivity contribution in [2.24, 2.45) is 10.4 Å². The normalized spacial score (nSPS) is 11.7. The van der Waals surface area contributed by atoms with Gasteiger partial charge >= 0.3 is 0 Å². The second-order valence-corrected chi connectivity index (χ2v) is 6.36. The number of thioether (sulfide) groups is 1. The summed E-state index contributed by atoms with van der Waals surface area (Å²) in [6.07, 6.45) is 3.69. The van der Waals surface area contributed by atoms with E-state index < -0.39 is 5.41 Å². The maximum atomic E-state index is 12.0. The zero-order valence-electron chi connectivity index (χ0n) is 12.9. The van der Waals surface area contributed by atoms with Gasteiger partial charge in [0, 0.05) is 11.1 Å². The molecule has 0 saturated heterocycles. The molecule has 112 valence electrons. The minimum absolute atomic E-state index is 0.0298. The van der Waals surface area contributed by atoms with E-state index in [9.17, 15) is 4.79 Å². The average Bonchev–Trinajstić information content (AvgIpc) is 2.40. The third kappa shape index (κ3) is 5.12. The van der Waals surface area contributed by atoms with E-state index in [1.54, 1.807) is 6.07 Å². The molecule has 0 aliphatic carbocycles. The summed E-state index contributed by atoms with van der Waals surface area (Å²) in [5.41, 5.74) is 1.99. The molecule has 0 atom stereocenters. The van der Waals surface area contributed by atoms with E-state index in [4.69, 9.17) is 5.26 Å². The third-order valence-electron chi connectivity index (χ3n) is 2.73.